The van der Waals surface area contributed by atoms with Crippen molar-refractivity contribution in [2.75, 3.05) is 0 Å². The van der Waals surface area contributed by atoms with E-state index in [0.29, 0.717) is 5.82 Å². The van der Waals surface area contributed by atoms with E-state index < -0.39 is 0 Å². The molecule has 0 unspecified atom stereocenters. The zero-order valence-electron chi connectivity index (χ0n) is 11.9. The van der Waals surface area contributed by atoms with Crippen molar-refractivity contribution < 1.29 is 0 Å². The van der Waals surface area contributed by atoms with Gasteiger partial charge in [0, 0.05) is 24.2 Å². The Balaban J connectivity index is 1.71. The predicted octanol–water partition coefficient (Wildman–Crippen LogP) is 3.12. The van der Waals surface area contributed by atoms with Gasteiger partial charge in [0.2, 0.25) is 0 Å². The van der Waals surface area contributed by atoms with Crippen LogP contribution in [-0.4, -0.2) is 30.1 Å². The van der Waals surface area contributed by atoms with Crippen molar-refractivity contribution >= 4 is 11.3 Å². The number of hydrogen-bond donors (Lipinski definition) is 0. The van der Waals surface area contributed by atoms with Gasteiger partial charge in [-0.25, -0.2) is 19.9 Å². The van der Waals surface area contributed by atoms with Crippen LogP contribution in [-0.2, 0) is 0 Å². The van der Waals surface area contributed by atoms with E-state index >= 15 is 0 Å². The van der Waals surface area contributed by atoms with Crippen molar-refractivity contribution in [2.45, 2.75) is 0 Å². The van der Waals surface area contributed by atoms with E-state index in [1.807, 2.05) is 30.5 Å². The molecule has 0 atom stereocenters. The minimum absolute atomic E-state index is 0.609. The van der Waals surface area contributed by atoms with Gasteiger partial charge in [0.25, 0.3) is 0 Å². The topological polar surface area (TPSA) is 77.3 Å². The third-order valence-corrected chi connectivity index (χ3v) is 4.20. The van der Waals surface area contributed by atoms with E-state index in [0.717, 1.165) is 26.8 Å². The van der Waals surface area contributed by atoms with Crippen LogP contribution in [0.4, 0.5) is 0 Å². The van der Waals surface area contributed by atoms with Crippen molar-refractivity contribution in [3.63, 3.8) is 0 Å². The molecule has 0 aliphatic carbocycles. The van der Waals surface area contributed by atoms with E-state index in [1.165, 1.54) is 0 Å². The molecule has 4 aromatic rings. The fraction of sp³-hybridized carbons (Fsp3) is 0. The second-order valence-corrected chi connectivity index (χ2v) is 5.67. The largest absolute Gasteiger partial charge is 0.244 e. The van der Waals surface area contributed by atoms with E-state index in [1.54, 1.807) is 42.2 Å². The third-order valence-electron chi connectivity index (χ3n) is 3.13. The second kappa shape index (κ2) is 5.98. The van der Waals surface area contributed by atoms with E-state index in [2.05, 4.69) is 30.1 Å². The Morgan fingerprint density at radius 3 is 2.43 bits per heavy atom. The smallest absolute Gasteiger partial charge is 0.178 e. The highest BCUT2D eigenvalue weighted by molar-refractivity contribution is 7.18. The molecule has 0 amide bonds. The Bertz CT molecular complexity index is 923. The van der Waals surface area contributed by atoms with Crippen molar-refractivity contribution in [1.82, 2.24) is 30.1 Å². The lowest BCUT2D eigenvalue weighted by Crippen LogP contribution is -1.91. The van der Waals surface area contributed by atoms with Crippen LogP contribution >= 0.6 is 11.3 Å². The first-order valence-corrected chi connectivity index (χ1v) is 7.69. The molecule has 0 aromatic carbocycles. The predicted molar refractivity (Wildman–Crippen MR) is 87.4 cm³/mol. The van der Waals surface area contributed by atoms with E-state index in [9.17, 15) is 0 Å². The molecule has 110 valence electrons. The number of rotatable bonds is 3. The van der Waals surface area contributed by atoms with Crippen LogP contribution in [0.3, 0.4) is 0 Å². The van der Waals surface area contributed by atoms with Crippen LogP contribution in [0.25, 0.3) is 32.7 Å². The molecule has 0 N–H and O–H groups in total. The molecule has 0 radical (unpaired) electrons. The van der Waals surface area contributed by atoms with Gasteiger partial charge in [-0.1, -0.05) is 6.07 Å². The lowest BCUT2D eigenvalue weighted by molar-refractivity contribution is 1.03. The summed E-state index contributed by atoms with van der Waals surface area (Å²) in [5.74, 6) is 0.609. The fourth-order valence-electron chi connectivity index (χ4n) is 2.07. The molecule has 7 heteroatoms. The Morgan fingerprint density at radius 1 is 0.739 bits per heavy atom. The van der Waals surface area contributed by atoms with Gasteiger partial charge in [-0.05, 0) is 24.3 Å². The highest BCUT2D eigenvalue weighted by Gasteiger charge is 2.10. The molecule has 4 aromatic heterocycles. The number of hydrogen-bond acceptors (Lipinski definition) is 7. The zero-order valence-corrected chi connectivity index (χ0v) is 12.7. The van der Waals surface area contributed by atoms with Gasteiger partial charge in [-0.15, -0.1) is 11.3 Å². The molecule has 0 spiro atoms. The molecule has 4 heterocycles. The summed E-state index contributed by atoms with van der Waals surface area (Å²) in [6.07, 6.45) is 8.58. The SMILES string of the molecule is c1cnc(-c2cccc(-c3cnc(-c4ccnnc4)s3)n2)nc1. The summed E-state index contributed by atoms with van der Waals surface area (Å²) in [6.45, 7) is 0. The number of nitrogens with zero attached hydrogens (tertiary/aromatic N) is 6. The molecule has 0 aliphatic heterocycles. The van der Waals surface area contributed by atoms with Crippen LogP contribution in [0.15, 0.2) is 61.3 Å². The maximum Gasteiger partial charge on any atom is 0.178 e. The Hall–Kier alpha value is -3.06. The van der Waals surface area contributed by atoms with Gasteiger partial charge in [0.1, 0.15) is 10.7 Å². The van der Waals surface area contributed by atoms with E-state index in [-0.39, 0.29) is 0 Å². The van der Waals surface area contributed by atoms with Crippen LogP contribution < -0.4 is 0 Å². The third kappa shape index (κ3) is 2.82. The van der Waals surface area contributed by atoms with Gasteiger partial charge in [-0.3, -0.25) is 0 Å². The first-order chi connectivity index (χ1) is 11.4. The van der Waals surface area contributed by atoms with Gasteiger partial charge in [-0.2, -0.15) is 10.2 Å². The van der Waals surface area contributed by atoms with Gasteiger partial charge in [0.15, 0.2) is 5.82 Å². The summed E-state index contributed by atoms with van der Waals surface area (Å²) >= 11 is 1.56. The van der Waals surface area contributed by atoms with Gasteiger partial charge >= 0.3 is 0 Å². The Labute approximate surface area is 136 Å². The maximum absolute atomic E-state index is 4.64. The molecular weight excluding hydrogens is 308 g/mol. The average molecular weight is 318 g/mol. The summed E-state index contributed by atoms with van der Waals surface area (Å²) in [6, 6.07) is 9.46. The summed E-state index contributed by atoms with van der Waals surface area (Å²) in [5, 5.41) is 8.55. The first kappa shape index (κ1) is 13.6. The van der Waals surface area contributed by atoms with Gasteiger partial charge in [0.05, 0.1) is 23.0 Å². The monoisotopic (exact) mass is 318 g/mol. The fourth-order valence-corrected chi connectivity index (χ4v) is 2.95. The average Bonchev–Trinajstić information content (AvgIpc) is 3.14. The minimum atomic E-state index is 0.609. The Kier molecular flexibility index (Phi) is 3.53. The van der Waals surface area contributed by atoms with Gasteiger partial charge < -0.3 is 0 Å². The summed E-state index contributed by atoms with van der Waals surface area (Å²) in [4.78, 5) is 18.5. The first-order valence-electron chi connectivity index (χ1n) is 6.88. The standard InChI is InChI=1S/C16H10N6S/c1-3-12(22-13(4-1)15-17-6-2-7-18-15)14-10-19-16(23-14)11-5-8-20-21-9-11/h1-10H. The Morgan fingerprint density at radius 2 is 1.61 bits per heavy atom. The minimum Gasteiger partial charge on any atom is -0.244 e. The molecule has 0 bridgehead atoms. The molecule has 0 saturated heterocycles. The summed E-state index contributed by atoms with van der Waals surface area (Å²) in [7, 11) is 0. The van der Waals surface area contributed by atoms with Crippen molar-refractivity contribution in [2.24, 2.45) is 0 Å². The lowest BCUT2D eigenvalue weighted by Gasteiger charge is -2.01. The van der Waals surface area contributed by atoms with Crippen molar-refractivity contribution in [1.29, 1.82) is 0 Å². The maximum atomic E-state index is 4.64. The van der Waals surface area contributed by atoms with Crippen LogP contribution in [0.5, 0.6) is 0 Å². The molecule has 4 rings (SSSR count). The summed E-state index contributed by atoms with van der Waals surface area (Å²) < 4.78 is 0. The summed E-state index contributed by atoms with van der Waals surface area (Å²) in [5.41, 5.74) is 2.53. The molecule has 0 fully saturated rings. The number of aromatic nitrogens is 6. The molecule has 0 aliphatic rings. The van der Waals surface area contributed by atoms with Crippen LogP contribution in [0, 0.1) is 0 Å². The highest BCUT2D eigenvalue weighted by atomic mass is 32.1. The molecule has 0 saturated carbocycles. The highest BCUT2D eigenvalue weighted by Crippen LogP contribution is 2.31. The second-order valence-electron chi connectivity index (χ2n) is 4.64. The van der Waals surface area contributed by atoms with E-state index in [4.69, 9.17) is 0 Å². The zero-order chi connectivity index (χ0) is 15.5. The normalized spacial score (nSPS) is 10.6. The van der Waals surface area contributed by atoms with Crippen LogP contribution in [0.2, 0.25) is 0 Å². The van der Waals surface area contributed by atoms with Crippen molar-refractivity contribution in [3.8, 4) is 32.7 Å². The quantitative estimate of drug-likeness (QED) is 0.577. The number of thiazole rings is 1. The number of pyridine rings is 1. The van der Waals surface area contributed by atoms with Crippen LogP contribution in [0.1, 0.15) is 0 Å². The lowest BCUT2D eigenvalue weighted by atomic mass is 10.2. The van der Waals surface area contributed by atoms with Crippen molar-refractivity contribution in [3.05, 3.63) is 61.3 Å². The molecular formula is C16H10N6S. The molecule has 6 nitrogen and oxygen atoms in total. The molecule has 23 heavy (non-hydrogen) atoms.